The van der Waals surface area contributed by atoms with Crippen molar-refractivity contribution in [3.05, 3.63) is 48.2 Å². The number of nitrogens with one attached hydrogen (secondary N) is 1. The van der Waals surface area contributed by atoms with Crippen LogP contribution in [0.3, 0.4) is 0 Å². The Morgan fingerprint density at radius 2 is 1.79 bits per heavy atom. The Kier molecular flexibility index (Phi) is 5.64. The molecule has 0 saturated heterocycles. The molecule has 0 bridgehead atoms. The van der Waals surface area contributed by atoms with E-state index in [9.17, 15) is 22.0 Å². The molecule has 1 aliphatic carbocycles. The van der Waals surface area contributed by atoms with E-state index in [0.29, 0.717) is 11.4 Å². The van der Waals surface area contributed by atoms with Crippen LogP contribution in [0.15, 0.2) is 47.5 Å². The van der Waals surface area contributed by atoms with Crippen LogP contribution in [-0.2, 0) is 21.7 Å². The highest BCUT2D eigenvalue weighted by atomic mass is 32.2. The largest absolute Gasteiger partial charge is 0.305 e. The maximum atomic E-state index is 13.6. The summed E-state index contributed by atoms with van der Waals surface area (Å²) >= 11 is 0. The van der Waals surface area contributed by atoms with Gasteiger partial charge in [0.25, 0.3) is 5.91 Å². The predicted molar refractivity (Wildman–Crippen MR) is 102 cm³/mol. The van der Waals surface area contributed by atoms with E-state index in [2.05, 4.69) is 10.4 Å². The second-order valence-electron chi connectivity index (χ2n) is 6.97. The van der Waals surface area contributed by atoms with Gasteiger partial charge < -0.3 is 5.32 Å². The third-order valence-electron chi connectivity index (χ3n) is 4.64. The molecule has 1 fully saturated rings. The van der Waals surface area contributed by atoms with E-state index in [1.54, 1.807) is 25.4 Å². The second-order valence-corrected chi connectivity index (χ2v) is 8.98. The molecular formula is C19H21F2N3O3S. The number of hydrogen-bond donors (Lipinski definition) is 1. The number of alkyl halides is 2. The average molecular weight is 409 g/mol. The van der Waals surface area contributed by atoms with E-state index in [1.807, 2.05) is 0 Å². The van der Waals surface area contributed by atoms with Gasteiger partial charge in [-0.1, -0.05) is 18.2 Å². The first-order valence-corrected chi connectivity index (χ1v) is 10.6. The normalized spacial score (nSPS) is 23.0. The van der Waals surface area contributed by atoms with Crippen LogP contribution in [-0.4, -0.2) is 42.7 Å². The maximum Gasteiger partial charge on any atom is 0.257 e. The number of carbonyl (C=O) groups excluding carboxylic acids is 1. The summed E-state index contributed by atoms with van der Waals surface area (Å²) in [6.07, 6.45) is 1.22. The highest BCUT2D eigenvalue weighted by Gasteiger charge is 2.34. The SMILES string of the molecule is Cn1ccc(NC(=O)/C(=C/C2CC(F)C(F)C2)c2ccc(S(C)(=O)=O)cc2)n1. The lowest BCUT2D eigenvalue weighted by Gasteiger charge is -2.11. The molecule has 2 aromatic rings. The number of carbonyl (C=O) groups is 1. The Labute approximate surface area is 162 Å². The number of nitrogens with zero attached hydrogens (tertiary/aromatic N) is 2. The topological polar surface area (TPSA) is 81.1 Å². The summed E-state index contributed by atoms with van der Waals surface area (Å²) in [4.78, 5) is 12.9. The van der Waals surface area contributed by atoms with Crippen LogP contribution in [0.1, 0.15) is 18.4 Å². The number of allylic oxidation sites excluding steroid dienone is 1. The summed E-state index contributed by atoms with van der Waals surface area (Å²) in [6, 6.07) is 7.44. The highest BCUT2D eigenvalue weighted by Crippen LogP contribution is 2.34. The van der Waals surface area contributed by atoms with Gasteiger partial charge in [-0.25, -0.2) is 17.2 Å². The monoisotopic (exact) mass is 409 g/mol. The molecule has 9 heteroatoms. The van der Waals surface area contributed by atoms with Gasteiger partial charge in [-0.2, -0.15) is 5.10 Å². The van der Waals surface area contributed by atoms with Crippen LogP contribution in [0.25, 0.3) is 5.57 Å². The molecule has 0 radical (unpaired) electrons. The van der Waals surface area contributed by atoms with Crippen LogP contribution < -0.4 is 5.32 Å². The number of halogens is 2. The molecule has 2 unspecified atom stereocenters. The van der Waals surface area contributed by atoms with E-state index >= 15 is 0 Å². The highest BCUT2D eigenvalue weighted by molar-refractivity contribution is 7.90. The van der Waals surface area contributed by atoms with E-state index < -0.39 is 34.0 Å². The number of hydrogen-bond acceptors (Lipinski definition) is 4. The summed E-state index contributed by atoms with van der Waals surface area (Å²) in [5.74, 6) is -0.572. The Morgan fingerprint density at radius 1 is 1.18 bits per heavy atom. The number of rotatable bonds is 5. The minimum Gasteiger partial charge on any atom is -0.305 e. The fourth-order valence-electron chi connectivity index (χ4n) is 3.19. The molecule has 1 aromatic carbocycles. The lowest BCUT2D eigenvalue weighted by Crippen LogP contribution is -2.15. The van der Waals surface area contributed by atoms with Gasteiger partial charge in [-0.05, 0) is 36.5 Å². The molecule has 2 atom stereocenters. The third-order valence-corrected chi connectivity index (χ3v) is 5.77. The smallest absolute Gasteiger partial charge is 0.257 e. The minimum absolute atomic E-state index is 0.00293. The maximum absolute atomic E-state index is 13.6. The van der Waals surface area contributed by atoms with Gasteiger partial charge in [0.1, 0.15) is 12.3 Å². The molecule has 1 N–H and O–H groups in total. The number of anilines is 1. The van der Waals surface area contributed by atoms with Crippen molar-refractivity contribution in [1.82, 2.24) is 9.78 Å². The van der Waals surface area contributed by atoms with Crippen molar-refractivity contribution in [2.45, 2.75) is 30.1 Å². The Morgan fingerprint density at radius 3 is 2.29 bits per heavy atom. The zero-order chi connectivity index (χ0) is 20.5. The van der Waals surface area contributed by atoms with Gasteiger partial charge in [0.2, 0.25) is 0 Å². The molecule has 1 saturated carbocycles. The third kappa shape index (κ3) is 4.64. The molecule has 150 valence electrons. The molecule has 1 aliphatic rings. The first kappa shape index (κ1) is 20.2. The molecule has 0 spiro atoms. The molecule has 0 aliphatic heterocycles. The first-order chi connectivity index (χ1) is 13.1. The van der Waals surface area contributed by atoms with E-state index in [1.165, 1.54) is 28.9 Å². The molecule has 3 rings (SSSR count). The van der Waals surface area contributed by atoms with Gasteiger partial charge >= 0.3 is 0 Å². The summed E-state index contributed by atoms with van der Waals surface area (Å²) in [7, 11) is -1.67. The fourth-order valence-corrected chi connectivity index (χ4v) is 3.82. The number of aromatic nitrogens is 2. The van der Waals surface area contributed by atoms with Crippen LogP contribution in [0.4, 0.5) is 14.6 Å². The van der Waals surface area contributed by atoms with Crippen molar-refractivity contribution in [2.24, 2.45) is 13.0 Å². The lowest BCUT2D eigenvalue weighted by atomic mass is 9.98. The van der Waals surface area contributed by atoms with E-state index in [-0.39, 0.29) is 23.3 Å². The Hall–Kier alpha value is -2.55. The first-order valence-electron chi connectivity index (χ1n) is 8.75. The van der Waals surface area contributed by atoms with Crippen molar-refractivity contribution in [1.29, 1.82) is 0 Å². The standard InChI is InChI=1S/C19H21F2N3O3S/c1-24-8-7-18(23-24)22-19(25)15(9-12-10-16(20)17(21)11-12)13-3-5-14(6-4-13)28(2,26)27/h3-9,12,16-17H,10-11H2,1-2H3,(H,22,23,25)/b15-9+. The van der Waals surface area contributed by atoms with Gasteiger partial charge in [-0.3, -0.25) is 9.48 Å². The predicted octanol–water partition coefficient (Wildman–Crippen LogP) is 2.93. The van der Waals surface area contributed by atoms with E-state index in [0.717, 1.165) is 6.26 Å². The Bertz CT molecular complexity index is 990. The van der Waals surface area contributed by atoms with Crippen LogP contribution in [0.5, 0.6) is 0 Å². The quantitative estimate of drug-likeness (QED) is 0.770. The number of benzene rings is 1. The molecular weight excluding hydrogens is 388 g/mol. The van der Waals surface area contributed by atoms with Crippen molar-refractivity contribution < 1.29 is 22.0 Å². The number of sulfone groups is 1. The summed E-state index contributed by atoms with van der Waals surface area (Å²) in [5, 5.41) is 6.74. The molecule has 1 heterocycles. The molecule has 1 aromatic heterocycles. The van der Waals surface area contributed by atoms with Crippen molar-refractivity contribution in [3.8, 4) is 0 Å². The van der Waals surface area contributed by atoms with Gasteiger partial charge in [-0.15, -0.1) is 0 Å². The zero-order valence-corrected chi connectivity index (χ0v) is 16.3. The summed E-state index contributed by atoms with van der Waals surface area (Å²) in [6.45, 7) is 0. The van der Waals surface area contributed by atoms with Gasteiger partial charge in [0.15, 0.2) is 15.7 Å². The molecule has 28 heavy (non-hydrogen) atoms. The summed E-state index contributed by atoms with van der Waals surface area (Å²) in [5.41, 5.74) is 0.676. The van der Waals surface area contributed by atoms with Gasteiger partial charge in [0, 0.05) is 31.1 Å². The van der Waals surface area contributed by atoms with Crippen LogP contribution in [0, 0.1) is 5.92 Å². The second kappa shape index (κ2) is 7.83. The molecule has 1 amide bonds. The van der Waals surface area contributed by atoms with Crippen molar-refractivity contribution >= 4 is 27.1 Å². The fraction of sp³-hybridized carbons (Fsp3) is 0.368. The Balaban J connectivity index is 1.93. The van der Waals surface area contributed by atoms with Crippen LogP contribution in [0.2, 0.25) is 0 Å². The zero-order valence-electron chi connectivity index (χ0n) is 15.5. The number of aryl methyl sites for hydroxylation is 1. The molecule has 6 nitrogen and oxygen atoms in total. The van der Waals surface area contributed by atoms with Crippen molar-refractivity contribution in [2.75, 3.05) is 11.6 Å². The summed E-state index contributed by atoms with van der Waals surface area (Å²) < 4.78 is 52.0. The van der Waals surface area contributed by atoms with Gasteiger partial charge in [0.05, 0.1) is 4.90 Å². The minimum atomic E-state index is -3.38. The van der Waals surface area contributed by atoms with Crippen LogP contribution >= 0.6 is 0 Å². The van der Waals surface area contributed by atoms with Crippen molar-refractivity contribution in [3.63, 3.8) is 0 Å². The number of amides is 1. The lowest BCUT2D eigenvalue weighted by molar-refractivity contribution is -0.111. The van der Waals surface area contributed by atoms with E-state index in [4.69, 9.17) is 0 Å². The average Bonchev–Trinajstić information content (AvgIpc) is 3.17.